The zero-order valence-corrected chi connectivity index (χ0v) is 21.1. The van der Waals surface area contributed by atoms with Gasteiger partial charge in [-0.25, -0.2) is 0 Å². The number of hydrogen-bond acceptors (Lipinski definition) is 11. The monoisotopic (exact) mass is 500 g/mol. The number of hydrogen-bond donors (Lipinski definition) is 1. The van der Waals surface area contributed by atoms with E-state index in [-0.39, 0.29) is 13.2 Å². The van der Waals surface area contributed by atoms with Crippen LogP contribution in [0, 0.1) is 0 Å². The Bertz CT molecular complexity index is 801. The van der Waals surface area contributed by atoms with Crippen LogP contribution >= 0.6 is 0 Å². The molecule has 0 aromatic rings. The predicted octanol–water partition coefficient (Wildman–Crippen LogP) is 1.75. The molecule has 0 amide bonds. The van der Waals surface area contributed by atoms with Gasteiger partial charge in [0.05, 0.1) is 12.2 Å². The number of carbonyl (C=O) groups is 4. The van der Waals surface area contributed by atoms with Gasteiger partial charge in [-0.05, 0) is 26.7 Å². The van der Waals surface area contributed by atoms with Crippen molar-refractivity contribution in [3.05, 3.63) is 24.3 Å². The summed E-state index contributed by atoms with van der Waals surface area (Å²) in [6.07, 6.45) is -1.79. The summed E-state index contributed by atoms with van der Waals surface area (Å²) in [6, 6.07) is 0. The molecular weight excluding hydrogens is 464 g/mol. The zero-order valence-electron chi connectivity index (χ0n) is 21.1. The summed E-state index contributed by atoms with van der Waals surface area (Å²) in [5.41, 5.74) is -0.213. The lowest BCUT2D eigenvalue weighted by molar-refractivity contribution is -0.306. The number of rotatable bonds is 12. The van der Waals surface area contributed by atoms with Gasteiger partial charge in [0.25, 0.3) is 0 Å². The van der Waals surface area contributed by atoms with Gasteiger partial charge in [0.2, 0.25) is 0 Å². The van der Waals surface area contributed by atoms with Crippen LogP contribution in [0.2, 0.25) is 0 Å². The summed E-state index contributed by atoms with van der Waals surface area (Å²) >= 11 is 0. The maximum atomic E-state index is 11.8. The maximum Gasteiger partial charge on any atom is 0.303 e. The molecule has 0 unspecified atom stereocenters. The van der Waals surface area contributed by atoms with E-state index in [2.05, 4.69) is 6.58 Å². The number of esters is 4. The molecule has 11 nitrogen and oxygen atoms in total. The first-order valence-electron chi connectivity index (χ1n) is 11.2. The van der Waals surface area contributed by atoms with Crippen LogP contribution in [0.5, 0.6) is 0 Å². The minimum absolute atomic E-state index is 0.0456. The van der Waals surface area contributed by atoms with Crippen molar-refractivity contribution in [3.8, 4) is 0 Å². The predicted molar refractivity (Wildman–Crippen MR) is 122 cm³/mol. The van der Waals surface area contributed by atoms with Crippen LogP contribution in [0.1, 0.15) is 54.4 Å². The van der Waals surface area contributed by atoms with Gasteiger partial charge in [-0.15, -0.1) is 6.58 Å². The van der Waals surface area contributed by atoms with E-state index >= 15 is 0 Å². The van der Waals surface area contributed by atoms with Gasteiger partial charge in [-0.2, -0.15) is 0 Å². The van der Waals surface area contributed by atoms with Crippen molar-refractivity contribution in [2.24, 2.45) is 0 Å². The van der Waals surface area contributed by atoms with Crippen LogP contribution in [0.25, 0.3) is 0 Å². The molecule has 1 heterocycles. The molecule has 35 heavy (non-hydrogen) atoms. The van der Waals surface area contributed by atoms with Gasteiger partial charge < -0.3 is 33.5 Å². The number of allylic oxidation sites excluding steroid dienone is 1. The fourth-order valence-corrected chi connectivity index (χ4v) is 3.31. The molecule has 11 heteroatoms. The lowest BCUT2D eigenvalue weighted by Crippen LogP contribution is -2.63. The molecule has 0 aliphatic carbocycles. The largest absolute Gasteiger partial charge is 0.463 e. The van der Waals surface area contributed by atoms with Gasteiger partial charge >= 0.3 is 23.9 Å². The molecule has 0 aromatic carbocycles. The third-order valence-corrected chi connectivity index (χ3v) is 5.01. The second-order valence-corrected chi connectivity index (χ2v) is 8.53. The van der Waals surface area contributed by atoms with Gasteiger partial charge in [0, 0.05) is 27.7 Å². The van der Waals surface area contributed by atoms with Crippen LogP contribution in [0.4, 0.5) is 0 Å². The molecular formula is C24H36O11. The Kier molecular flexibility index (Phi) is 12.1. The number of aliphatic hydroxyl groups is 1. The number of carbonyl (C=O) groups excluding carboxylic acids is 4. The van der Waals surface area contributed by atoms with Crippen LogP contribution < -0.4 is 0 Å². The van der Waals surface area contributed by atoms with Crippen molar-refractivity contribution in [2.75, 3.05) is 13.2 Å². The van der Waals surface area contributed by atoms with Gasteiger partial charge in [0.15, 0.2) is 24.6 Å². The maximum absolute atomic E-state index is 11.8. The Morgan fingerprint density at radius 1 is 0.914 bits per heavy atom. The Morgan fingerprint density at radius 2 is 1.46 bits per heavy atom. The standard InChI is InChI=1S/C24H36O11/c1-8-24(7,29)11-9-10-14(2)12-31-23-22(34-18(6)28)21(33-17(5)27)20(32-16(4)26)19(35-23)13-30-15(3)25/h8,10,19-23,29H,1,9,11-13H2,2-7H3/b14-10+/t19-,20+,21+,22-,23+,24+/m1/s1. The average Bonchev–Trinajstić information content (AvgIpc) is 2.73. The van der Waals surface area contributed by atoms with E-state index in [1.54, 1.807) is 13.8 Å². The van der Waals surface area contributed by atoms with Crippen molar-refractivity contribution in [2.45, 2.75) is 90.7 Å². The molecule has 0 saturated carbocycles. The van der Waals surface area contributed by atoms with Crippen LogP contribution in [0.3, 0.4) is 0 Å². The van der Waals surface area contributed by atoms with E-state index in [1.807, 2.05) is 6.08 Å². The average molecular weight is 501 g/mol. The van der Waals surface area contributed by atoms with E-state index in [1.165, 1.54) is 13.0 Å². The summed E-state index contributed by atoms with van der Waals surface area (Å²) in [4.78, 5) is 46.8. The molecule has 1 aliphatic heterocycles. The van der Waals surface area contributed by atoms with Crippen molar-refractivity contribution in [1.82, 2.24) is 0 Å². The van der Waals surface area contributed by atoms with E-state index in [9.17, 15) is 24.3 Å². The molecule has 0 aromatic heterocycles. The molecule has 1 aliphatic rings. The third-order valence-electron chi connectivity index (χ3n) is 5.01. The molecule has 1 fully saturated rings. The molecule has 0 radical (unpaired) electrons. The highest BCUT2D eigenvalue weighted by molar-refractivity contribution is 5.68. The highest BCUT2D eigenvalue weighted by Crippen LogP contribution is 2.30. The Hall–Kier alpha value is -2.76. The summed E-state index contributed by atoms with van der Waals surface area (Å²) in [5, 5.41) is 10.0. The van der Waals surface area contributed by atoms with Gasteiger partial charge in [-0.3, -0.25) is 19.2 Å². The van der Waals surface area contributed by atoms with Crippen molar-refractivity contribution in [3.63, 3.8) is 0 Å². The Balaban J connectivity index is 3.16. The third kappa shape index (κ3) is 11.0. The van der Waals surface area contributed by atoms with Crippen LogP contribution in [0.15, 0.2) is 24.3 Å². The summed E-state index contributed by atoms with van der Waals surface area (Å²) in [5.74, 6) is -2.74. The van der Waals surface area contributed by atoms with Crippen LogP contribution in [-0.2, 0) is 47.6 Å². The highest BCUT2D eigenvalue weighted by atomic mass is 16.7. The summed E-state index contributed by atoms with van der Waals surface area (Å²) in [7, 11) is 0. The number of ether oxygens (including phenoxy) is 6. The van der Waals surface area contributed by atoms with Crippen molar-refractivity contribution >= 4 is 23.9 Å². The normalized spacial score (nSPS) is 26.1. The molecule has 198 valence electrons. The second-order valence-electron chi connectivity index (χ2n) is 8.53. The van der Waals surface area contributed by atoms with Gasteiger partial charge in [-0.1, -0.05) is 17.7 Å². The van der Waals surface area contributed by atoms with Gasteiger partial charge in [0.1, 0.15) is 12.7 Å². The Morgan fingerprint density at radius 3 is 1.97 bits per heavy atom. The van der Waals surface area contributed by atoms with Crippen LogP contribution in [-0.4, -0.2) is 78.5 Å². The minimum Gasteiger partial charge on any atom is -0.463 e. The summed E-state index contributed by atoms with van der Waals surface area (Å²) < 4.78 is 32.8. The minimum atomic E-state index is -1.29. The lowest BCUT2D eigenvalue weighted by atomic mass is 9.98. The lowest BCUT2D eigenvalue weighted by Gasteiger charge is -2.44. The highest BCUT2D eigenvalue weighted by Gasteiger charge is 2.52. The van der Waals surface area contributed by atoms with E-state index in [0.717, 1.165) is 26.3 Å². The van der Waals surface area contributed by atoms with E-state index in [0.29, 0.717) is 12.8 Å². The zero-order chi connectivity index (χ0) is 26.8. The first kappa shape index (κ1) is 30.3. The summed E-state index contributed by atoms with van der Waals surface area (Å²) in [6.45, 7) is 11.4. The van der Waals surface area contributed by atoms with E-state index in [4.69, 9.17) is 28.4 Å². The molecule has 0 bridgehead atoms. The molecule has 1 saturated heterocycles. The second kappa shape index (κ2) is 14.0. The Labute approximate surface area is 205 Å². The molecule has 1 rings (SSSR count). The smallest absolute Gasteiger partial charge is 0.303 e. The first-order valence-corrected chi connectivity index (χ1v) is 11.2. The molecule has 1 N–H and O–H groups in total. The van der Waals surface area contributed by atoms with Crippen molar-refractivity contribution in [1.29, 1.82) is 0 Å². The van der Waals surface area contributed by atoms with Crippen molar-refractivity contribution < 1.29 is 52.7 Å². The topological polar surface area (TPSA) is 144 Å². The quantitative estimate of drug-likeness (QED) is 0.238. The van der Waals surface area contributed by atoms with E-state index < -0.39 is 60.2 Å². The first-order chi connectivity index (χ1) is 16.3. The fraction of sp³-hybridized carbons (Fsp3) is 0.667. The molecule has 0 spiro atoms. The SMILES string of the molecule is C=C[C@](C)(O)CC/C=C(\C)CO[C@H]1O[C@H](COC(C)=O)[C@H](OC(C)=O)[C@H](OC(C)=O)[C@H]1OC(C)=O. The molecule has 6 atom stereocenters. The fourth-order valence-electron chi connectivity index (χ4n) is 3.31.